The number of thiophene rings is 1. The fourth-order valence-corrected chi connectivity index (χ4v) is 4.90. The smallest absolute Gasteiger partial charge is 0.282 e. The average molecular weight is 466 g/mol. The molecule has 0 aliphatic heterocycles. The summed E-state index contributed by atoms with van der Waals surface area (Å²) in [6.45, 7) is 3.93. The number of nitrogens with zero attached hydrogens (tertiary/aromatic N) is 5. The monoisotopic (exact) mass is 465 g/mol. The van der Waals surface area contributed by atoms with Crippen LogP contribution in [0.1, 0.15) is 16.0 Å². The van der Waals surface area contributed by atoms with Crippen LogP contribution in [0.5, 0.6) is 0 Å². The maximum absolute atomic E-state index is 13.1. The maximum Gasteiger partial charge on any atom is 0.282 e. The minimum Gasteiger partial charge on any atom is -0.454 e. The van der Waals surface area contributed by atoms with Crippen LogP contribution in [0.2, 0.25) is 0 Å². The van der Waals surface area contributed by atoms with Gasteiger partial charge in [0.15, 0.2) is 5.76 Å². The Labute approximate surface area is 198 Å². The summed E-state index contributed by atoms with van der Waals surface area (Å²) in [5, 5.41) is 10.8. The molecule has 0 unspecified atom stereocenters. The summed E-state index contributed by atoms with van der Waals surface area (Å²) in [6.07, 6.45) is 4.95. The molecule has 0 aliphatic carbocycles. The van der Waals surface area contributed by atoms with Crippen LogP contribution in [-0.2, 0) is 0 Å². The summed E-state index contributed by atoms with van der Waals surface area (Å²) in [4.78, 5) is 19.3. The molecule has 166 valence electrons. The van der Waals surface area contributed by atoms with Gasteiger partial charge >= 0.3 is 0 Å². The zero-order valence-corrected chi connectivity index (χ0v) is 19.3. The van der Waals surface area contributed by atoms with Crippen LogP contribution in [0.4, 0.5) is 0 Å². The molecule has 0 saturated carbocycles. The van der Waals surface area contributed by atoms with E-state index in [2.05, 4.69) is 10.1 Å². The van der Waals surface area contributed by atoms with Crippen molar-refractivity contribution in [1.29, 1.82) is 0 Å². The van der Waals surface area contributed by atoms with E-state index >= 15 is 0 Å². The first-order valence-electron chi connectivity index (χ1n) is 10.7. The van der Waals surface area contributed by atoms with Crippen molar-refractivity contribution in [3.63, 3.8) is 0 Å². The number of para-hydroxylation sites is 2. The molecule has 0 amide bonds. The predicted molar refractivity (Wildman–Crippen MR) is 135 cm³/mol. The van der Waals surface area contributed by atoms with Gasteiger partial charge in [-0.1, -0.05) is 36.4 Å². The SMILES string of the molecule is Cc1sc2ncn(N=Cc3cn(-c4ccccc4)nc3-c3cc4ccccc4o3)c(=O)c2c1C. The number of furan rings is 1. The zero-order valence-electron chi connectivity index (χ0n) is 18.5. The number of aromatic nitrogens is 4. The first kappa shape index (κ1) is 20.3. The van der Waals surface area contributed by atoms with Crippen molar-refractivity contribution in [2.75, 3.05) is 0 Å². The number of fused-ring (bicyclic) bond motifs is 2. The molecule has 7 nitrogen and oxygen atoms in total. The molecule has 0 bridgehead atoms. The first-order valence-corrected chi connectivity index (χ1v) is 11.6. The molecular weight excluding hydrogens is 446 g/mol. The van der Waals surface area contributed by atoms with Crippen LogP contribution in [0, 0.1) is 13.8 Å². The lowest BCUT2D eigenvalue weighted by atomic mass is 10.2. The second-order valence-electron chi connectivity index (χ2n) is 7.96. The second kappa shape index (κ2) is 7.93. The Bertz CT molecular complexity index is 1720. The molecule has 6 rings (SSSR count). The summed E-state index contributed by atoms with van der Waals surface area (Å²) in [5.41, 5.74) is 3.79. The highest BCUT2D eigenvalue weighted by atomic mass is 32.1. The average Bonchev–Trinajstić information content (AvgIpc) is 3.55. The third kappa shape index (κ3) is 3.36. The molecule has 2 aromatic carbocycles. The molecule has 0 atom stereocenters. The minimum absolute atomic E-state index is 0.191. The molecule has 0 N–H and O–H groups in total. The van der Waals surface area contributed by atoms with Crippen molar-refractivity contribution in [2.24, 2.45) is 5.10 Å². The summed E-state index contributed by atoms with van der Waals surface area (Å²) in [7, 11) is 0. The Morgan fingerprint density at radius 2 is 1.85 bits per heavy atom. The zero-order chi connectivity index (χ0) is 23.2. The molecule has 4 heterocycles. The predicted octanol–water partition coefficient (Wildman–Crippen LogP) is 5.56. The van der Waals surface area contributed by atoms with Crippen LogP contribution in [0.15, 0.2) is 87.5 Å². The van der Waals surface area contributed by atoms with Crippen molar-refractivity contribution in [2.45, 2.75) is 13.8 Å². The standard InChI is InChI=1S/C26H19N5O2S/c1-16-17(2)34-25-23(16)26(32)31(15-27-25)28-13-19-14-30(20-9-4-3-5-10-20)29-24(19)22-12-18-8-6-7-11-21(18)33-22/h3-15H,1-2H3. The Morgan fingerprint density at radius 3 is 2.68 bits per heavy atom. The van der Waals surface area contributed by atoms with Gasteiger partial charge in [0.05, 0.1) is 17.3 Å². The van der Waals surface area contributed by atoms with Crippen LogP contribution in [0.25, 0.3) is 38.3 Å². The molecule has 0 fully saturated rings. The molecule has 8 heteroatoms. The number of hydrogen-bond acceptors (Lipinski definition) is 6. The van der Waals surface area contributed by atoms with Gasteiger partial charge in [-0.25, -0.2) is 9.67 Å². The van der Waals surface area contributed by atoms with E-state index in [-0.39, 0.29) is 5.56 Å². The van der Waals surface area contributed by atoms with Gasteiger partial charge in [0.1, 0.15) is 22.4 Å². The maximum atomic E-state index is 13.1. The lowest BCUT2D eigenvalue weighted by Crippen LogP contribution is -2.17. The molecule has 0 radical (unpaired) electrons. The molecule has 34 heavy (non-hydrogen) atoms. The highest BCUT2D eigenvalue weighted by Gasteiger charge is 2.16. The Hall–Kier alpha value is -4.30. The largest absolute Gasteiger partial charge is 0.454 e. The third-order valence-corrected chi connectivity index (χ3v) is 6.93. The Morgan fingerprint density at radius 1 is 1.06 bits per heavy atom. The van der Waals surface area contributed by atoms with E-state index in [0.717, 1.165) is 31.9 Å². The van der Waals surface area contributed by atoms with Gasteiger partial charge in [0.25, 0.3) is 5.56 Å². The van der Waals surface area contributed by atoms with Crippen LogP contribution in [0.3, 0.4) is 0 Å². The summed E-state index contributed by atoms with van der Waals surface area (Å²) < 4.78 is 9.12. The van der Waals surface area contributed by atoms with E-state index in [1.807, 2.05) is 80.7 Å². The van der Waals surface area contributed by atoms with E-state index in [1.54, 1.807) is 10.9 Å². The summed E-state index contributed by atoms with van der Waals surface area (Å²) >= 11 is 1.52. The molecule has 6 aromatic rings. The van der Waals surface area contributed by atoms with Crippen molar-refractivity contribution in [3.8, 4) is 17.1 Å². The van der Waals surface area contributed by atoms with Gasteiger partial charge in [0, 0.05) is 22.0 Å². The normalized spacial score (nSPS) is 11.8. The van der Waals surface area contributed by atoms with Gasteiger partial charge in [-0.2, -0.15) is 14.9 Å². The second-order valence-corrected chi connectivity index (χ2v) is 9.17. The highest BCUT2D eigenvalue weighted by molar-refractivity contribution is 7.18. The molecule has 0 aliphatic rings. The van der Waals surface area contributed by atoms with Gasteiger partial charge in [-0.3, -0.25) is 4.79 Å². The van der Waals surface area contributed by atoms with E-state index in [0.29, 0.717) is 22.4 Å². The van der Waals surface area contributed by atoms with E-state index in [4.69, 9.17) is 9.52 Å². The van der Waals surface area contributed by atoms with E-state index in [1.165, 1.54) is 22.3 Å². The topological polar surface area (TPSA) is 78.2 Å². The Kier molecular flexibility index (Phi) is 4.74. The highest BCUT2D eigenvalue weighted by Crippen LogP contribution is 2.29. The summed E-state index contributed by atoms with van der Waals surface area (Å²) in [6, 6.07) is 19.6. The fourth-order valence-electron chi connectivity index (χ4n) is 3.92. The minimum atomic E-state index is -0.191. The molecule has 4 aromatic heterocycles. The van der Waals surface area contributed by atoms with Crippen molar-refractivity contribution < 1.29 is 4.42 Å². The fraction of sp³-hybridized carbons (Fsp3) is 0.0769. The summed E-state index contributed by atoms with van der Waals surface area (Å²) in [5.74, 6) is 0.627. The molecule has 0 saturated heterocycles. The number of hydrogen-bond donors (Lipinski definition) is 0. The number of aryl methyl sites for hydroxylation is 2. The van der Waals surface area contributed by atoms with Crippen LogP contribution in [-0.4, -0.2) is 25.7 Å². The van der Waals surface area contributed by atoms with Gasteiger partial charge in [0.2, 0.25) is 0 Å². The third-order valence-electron chi connectivity index (χ3n) is 5.82. The quantitative estimate of drug-likeness (QED) is 0.320. The van der Waals surface area contributed by atoms with E-state index in [9.17, 15) is 4.79 Å². The van der Waals surface area contributed by atoms with Crippen molar-refractivity contribution in [1.82, 2.24) is 19.4 Å². The number of benzene rings is 2. The van der Waals surface area contributed by atoms with Gasteiger partial charge in [-0.05, 0) is 43.7 Å². The van der Waals surface area contributed by atoms with E-state index < -0.39 is 0 Å². The van der Waals surface area contributed by atoms with Gasteiger partial charge in [-0.15, -0.1) is 11.3 Å². The first-order chi connectivity index (χ1) is 16.6. The van der Waals surface area contributed by atoms with Crippen LogP contribution < -0.4 is 5.56 Å². The molecular formula is C26H19N5O2S. The molecule has 0 spiro atoms. The van der Waals surface area contributed by atoms with Crippen molar-refractivity contribution >= 4 is 38.7 Å². The van der Waals surface area contributed by atoms with Crippen LogP contribution >= 0.6 is 11.3 Å². The Balaban J connectivity index is 1.49. The lowest BCUT2D eigenvalue weighted by Gasteiger charge is -1.98. The number of rotatable bonds is 4. The lowest BCUT2D eigenvalue weighted by molar-refractivity contribution is 0.627. The van der Waals surface area contributed by atoms with Gasteiger partial charge < -0.3 is 4.42 Å². The van der Waals surface area contributed by atoms with Crippen molar-refractivity contribution in [3.05, 3.63) is 99.5 Å².